The smallest absolute Gasteiger partial charge is 0.306 e. The highest BCUT2D eigenvalue weighted by Gasteiger charge is 2.19. The summed E-state index contributed by atoms with van der Waals surface area (Å²) in [5.74, 6) is -1.04. The molecule has 0 radical (unpaired) electrons. The first-order chi connectivity index (χ1) is 33.0. The molecule has 0 heterocycles. The summed E-state index contributed by atoms with van der Waals surface area (Å²) in [6, 6.07) is 0. The van der Waals surface area contributed by atoms with Crippen molar-refractivity contribution in [3.8, 4) is 0 Å². The fraction of sp³-hybridized carbons (Fsp3) is 0.623. The van der Waals surface area contributed by atoms with E-state index in [0.29, 0.717) is 19.3 Å². The van der Waals surface area contributed by atoms with Crippen LogP contribution in [0, 0.1) is 0 Å². The molecule has 0 aliphatic rings. The average molecular weight is 927 g/mol. The fourth-order valence-electron chi connectivity index (χ4n) is 7.05. The number of allylic oxidation sites excluding steroid dienone is 20. The molecule has 0 aliphatic heterocycles. The van der Waals surface area contributed by atoms with Crippen LogP contribution in [0.5, 0.6) is 0 Å². The first kappa shape index (κ1) is 62.8. The second-order valence-electron chi connectivity index (χ2n) is 17.6. The molecule has 0 fully saturated rings. The summed E-state index contributed by atoms with van der Waals surface area (Å²) in [5, 5.41) is 0. The average Bonchev–Trinajstić information content (AvgIpc) is 3.33. The molecule has 6 nitrogen and oxygen atoms in total. The maximum absolute atomic E-state index is 12.8. The Bertz CT molecular complexity index is 1440. The van der Waals surface area contributed by atoms with Crippen LogP contribution in [0.25, 0.3) is 0 Å². The van der Waals surface area contributed by atoms with Crippen LogP contribution in [0.15, 0.2) is 122 Å². The van der Waals surface area contributed by atoms with Gasteiger partial charge in [-0.1, -0.05) is 245 Å². The van der Waals surface area contributed by atoms with E-state index in [2.05, 4.69) is 75.5 Å². The molecule has 0 spiro atoms. The predicted molar refractivity (Wildman–Crippen MR) is 288 cm³/mol. The third-order valence-corrected chi connectivity index (χ3v) is 11.1. The minimum atomic E-state index is -0.829. The minimum Gasteiger partial charge on any atom is -0.462 e. The van der Waals surface area contributed by atoms with Gasteiger partial charge >= 0.3 is 17.9 Å². The zero-order valence-corrected chi connectivity index (χ0v) is 43.1. The molecule has 1 unspecified atom stereocenters. The Labute approximate surface area is 412 Å². The van der Waals surface area contributed by atoms with Gasteiger partial charge in [0, 0.05) is 19.3 Å². The first-order valence-corrected chi connectivity index (χ1v) is 27.1. The van der Waals surface area contributed by atoms with E-state index in [-0.39, 0.29) is 44.0 Å². The van der Waals surface area contributed by atoms with Crippen molar-refractivity contribution in [2.45, 2.75) is 232 Å². The van der Waals surface area contributed by atoms with Crippen LogP contribution in [0.1, 0.15) is 226 Å². The SMILES string of the molecule is CC\C=C/C=C\C=C/C=C\C=C\C=C/CCCCCC(=O)OC(COC(=O)CC/C=C\C/C=C\CCCCCCCC)COC(=O)CCCCCCCCCCCC/C=C\C=C/CCCCC. The zero-order valence-electron chi connectivity index (χ0n) is 43.1. The van der Waals surface area contributed by atoms with E-state index in [0.717, 1.165) is 57.8 Å². The Kier molecular flexibility index (Phi) is 51.0. The van der Waals surface area contributed by atoms with Gasteiger partial charge < -0.3 is 14.2 Å². The summed E-state index contributed by atoms with van der Waals surface area (Å²) in [7, 11) is 0. The van der Waals surface area contributed by atoms with Crippen molar-refractivity contribution in [1.29, 1.82) is 0 Å². The van der Waals surface area contributed by atoms with Gasteiger partial charge in [-0.2, -0.15) is 0 Å². The van der Waals surface area contributed by atoms with Crippen molar-refractivity contribution in [1.82, 2.24) is 0 Å². The van der Waals surface area contributed by atoms with E-state index >= 15 is 0 Å². The lowest BCUT2D eigenvalue weighted by molar-refractivity contribution is -0.166. The molecule has 0 bridgehead atoms. The Morgan fingerprint density at radius 3 is 1.18 bits per heavy atom. The Hall–Kier alpha value is -4.19. The van der Waals surface area contributed by atoms with Gasteiger partial charge in [0.2, 0.25) is 0 Å². The van der Waals surface area contributed by atoms with Crippen molar-refractivity contribution in [3.05, 3.63) is 122 Å². The highest BCUT2D eigenvalue weighted by atomic mass is 16.6. The maximum Gasteiger partial charge on any atom is 0.306 e. The molecule has 0 amide bonds. The second-order valence-corrected chi connectivity index (χ2v) is 17.6. The Balaban J connectivity index is 4.53. The Morgan fingerprint density at radius 2 is 0.672 bits per heavy atom. The van der Waals surface area contributed by atoms with Gasteiger partial charge in [-0.05, 0) is 83.5 Å². The highest BCUT2D eigenvalue weighted by molar-refractivity contribution is 5.71. The molecule has 6 heteroatoms. The van der Waals surface area contributed by atoms with E-state index < -0.39 is 6.10 Å². The minimum absolute atomic E-state index is 0.118. The quantitative estimate of drug-likeness (QED) is 0.0199. The molecule has 0 N–H and O–H groups in total. The molecular formula is C61H98O6. The van der Waals surface area contributed by atoms with Crippen molar-refractivity contribution in [2.75, 3.05) is 13.2 Å². The number of esters is 3. The topological polar surface area (TPSA) is 78.9 Å². The van der Waals surface area contributed by atoms with Crippen LogP contribution in [0.3, 0.4) is 0 Å². The van der Waals surface area contributed by atoms with Gasteiger partial charge in [-0.3, -0.25) is 14.4 Å². The maximum atomic E-state index is 12.8. The van der Waals surface area contributed by atoms with Crippen molar-refractivity contribution >= 4 is 17.9 Å². The summed E-state index contributed by atoms with van der Waals surface area (Å²) in [5.41, 5.74) is 0. The van der Waals surface area contributed by atoms with E-state index in [1.54, 1.807) is 0 Å². The summed E-state index contributed by atoms with van der Waals surface area (Å²) >= 11 is 0. The summed E-state index contributed by atoms with van der Waals surface area (Å²) in [4.78, 5) is 38.0. The molecule has 0 aliphatic carbocycles. The molecule has 1 atom stereocenters. The van der Waals surface area contributed by atoms with Crippen molar-refractivity contribution in [3.63, 3.8) is 0 Å². The highest BCUT2D eigenvalue weighted by Crippen LogP contribution is 2.14. The Morgan fingerprint density at radius 1 is 0.328 bits per heavy atom. The first-order valence-electron chi connectivity index (χ1n) is 27.1. The van der Waals surface area contributed by atoms with Gasteiger partial charge in [-0.15, -0.1) is 0 Å². The number of ether oxygens (including phenoxy) is 3. The van der Waals surface area contributed by atoms with E-state index in [1.807, 2.05) is 66.8 Å². The summed E-state index contributed by atoms with van der Waals surface area (Å²) < 4.78 is 16.7. The van der Waals surface area contributed by atoms with Crippen LogP contribution < -0.4 is 0 Å². The molecule has 67 heavy (non-hydrogen) atoms. The molecule has 0 saturated heterocycles. The molecule has 0 aromatic heterocycles. The van der Waals surface area contributed by atoms with E-state index in [1.165, 1.54) is 116 Å². The number of rotatable bonds is 47. The number of carbonyl (C=O) groups is 3. The van der Waals surface area contributed by atoms with E-state index in [9.17, 15) is 14.4 Å². The van der Waals surface area contributed by atoms with Gasteiger partial charge in [-0.25, -0.2) is 0 Å². The van der Waals surface area contributed by atoms with Gasteiger partial charge in [0.25, 0.3) is 0 Å². The third kappa shape index (κ3) is 52.6. The van der Waals surface area contributed by atoms with Gasteiger partial charge in [0.15, 0.2) is 6.10 Å². The third-order valence-electron chi connectivity index (χ3n) is 11.1. The molecule has 0 saturated carbocycles. The molecule has 0 aromatic rings. The number of unbranched alkanes of at least 4 members (excludes halogenated alkanes) is 22. The van der Waals surface area contributed by atoms with Crippen molar-refractivity contribution < 1.29 is 28.6 Å². The predicted octanol–water partition coefficient (Wildman–Crippen LogP) is 18.1. The lowest BCUT2D eigenvalue weighted by Crippen LogP contribution is -2.30. The number of carbonyl (C=O) groups excluding carboxylic acids is 3. The van der Waals surface area contributed by atoms with Gasteiger partial charge in [0.1, 0.15) is 13.2 Å². The lowest BCUT2D eigenvalue weighted by Gasteiger charge is -2.18. The molecule has 378 valence electrons. The number of hydrogen-bond acceptors (Lipinski definition) is 6. The van der Waals surface area contributed by atoms with Crippen LogP contribution >= 0.6 is 0 Å². The normalized spacial score (nSPS) is 13.1. The number of hydrogen-bond donors (Lipinski definition) is 0. The fourth-order valence-corrected chi connectivity index (χ4v) is 7.05. The molecule has 0 rings (SSSR count). The molecule has 0 aromatic carbocycles. The molecular weight excluding hydrogens is 829 g/mol. The van der Waals surface area contributed by atoms with Crippen molar-refractivity contribution in [2.24, 2.45) is 0 Å². The lowest BCUT2D eigenvalue weighted by atomic mass is 10.1. The monoisotopic (exact) mass is 927 g/mol. The van der Waals surface area contributed by atoms with Crippen LogP contribution in [-0.2, 0) is 28.6 Å². The van der Waals surface area contributed by atoms with Crippen LogP contribution in [0.4, 0.5) is 0 Å². The van der Waals surface area contributed by atoms with Crippen LogP contribution in [-0.4, -0.2) is 37.2 Å². The van der Waals surface area contributed by atoms with E-state index in [4.69, 9.17) is 14.2 Å². The largest absolute Gasteiger partial charge is 0.462 e. The van der Waals surface area contributed by atoms with Gasteiger partial charge in [0.05, 0.1) is 0 Å². The standard InChI is InChI=1S/C61H98O6/c1-4-7-10-13-16-19-22-25-27-29-30-32-33-36-39-42-45-48-51-54-60(63)66-57-58(56-65-59(62)53-50-47-44-41-38-35-24-21-18-15-12-9-6-3)67-61(64)55-52-49-46-43-40-37-34-31-28-26-23-20-17-14-11-8-5-2/h8,11,14,16-17,19-20,22-23,25-26,28,31,34-35,37-38,40,44,47,58H,4-7,9-10,12-13,15,18,21,24,27,29-30,32-33,36,39,41-43,45-46,48-57H2,1-3H3/b11-8-,17-14-,19-16-,23-20-,25-22-,28-26-,34-31+,38-35-,40-37-,47-44-. The van der Waals surface area contributed by atoms with Crippen LogP contribution in [0.2, 0.25) is 0 Å². The summed E-state index contributed by atoms with van der Waals surface area (Å²) in [6.45, 7) is 6.35. The zero-order chi connectivity index (χ0) is 48.6. The summed E-state index contributed by atoms with van der Waals surface area (Å²) in [6.07, 6.45) is 74.8. The second kappa shape index (κ2) is 54.4.